The average molecular weight is 363 g/mol. The summed E-state index contributed by atoms with van der Waals surface area (Å²) in [5.74, 6) is -0.220. The molecular formula is C18H25N3O3S. The highest BCUT2D eigenvalue weighted by molar-refractivity contribution is 7.17. The van der Waals surface area contributed by atoms with Crippen LogP contribution in [0.25, 0.3) is 10.1 Å². The van der Waals surface area contributed by atoms with E-state index in [-0.39, 0.29) is 18.6 Å². The fourth-order valence-corrected chi connectivity index (χ4v) is 4.05. The number of nitrogens with two attached hydrogens (primary N) is 1. The molecule has 6 nitrogen and oxygen atoms in total. The fraction of sp³-hybridized carbons (Fsp3) is 0.500. The van der Waals surface area contributed by atoms with E-state index in [9.17, 15) is 9.90 Å². The maximum absolute atomic E-state index is 12.4. The zero-order valence-corrected chi connectivity index (χ0v) is 15.0. The number of hydrogen-bond donors (Lipinski definition) is 3. The van der Waals surface area contributed by atoms with Crippen molar-refractivity contribution in [2.24, 2.45) is 5.73 Å². The Labute approximate surface area is 151 Å². The highest BCUT2D eigenvalue weighted by Crippen LogP contribution is 2.26. The van der Waals surface area contributed by atoms with Gasteiger partial charge in [0.25, 0.3) is 0 Å². The molecule has 1 aromatic heterocycles. The van der Waals surface area contributed by atoms with Gasteiger partial charge in [-0.2, -0.15) is 0 Å². The van der Waals surface area contributed by atoms with Crippen LogP contribution in [0.1, 0.15) is 5.56 Å². The predicted molar refractivity (Wildman–Crippen MR) is 99.8 cm³/mol. The van der Waals surface area contributed by atoms with Gasteiger partial charge in [-0.05, 0) is 28.8 Å². The first-order valence-electron chi connectivity index (χ1n) is 8.59. The van der Waals surface area contributed by atoms with Crippen molar-refractivity contribution >= 4 is 27.3 Å². The van der Waals surface area contributed by atoms with Crippen LogP contribution in [0.15, 0.2) is 29.6 Å². The number of hydrogen-bond acceptors (Lipinski definition) is 6. The molecule has 1 aromatic carbocycles. The monoisotopic (exact) mass is 363 g/mol. The van der Waals surface area contributed by atoms with Gasteiger partial charge in [0.05, 0.1) is 31.9 Å². The minimum absolute atomic E-state index is 0.100. The number of thiophene rings is 1. The normalized spacial score (nSPS) is 18.2. The molecular weight excluding hydrogens is 338 g/mol. The van der Waals surface area contributed by atoms with Gasteiger partial charge in [0.15, 0.2) is 0 Å². The maximum Gasteiger partial charge on any atom is 0.237 e. The molecule has 0 spiro atoms. The Morgan fingerprint density at radius 3 is 2.88 bits per heavy atom. The van der Waals surface area contributed by atoms with Crippen LogP contribution < -0.4 is 11.1 Å². The molecule has 2 unspecified atom stereocenters. The lowest BCUT2D eigenvalue weighted by Gasteiger charge is -2.30. The van der Waals surface area contributed by atoms with Gasteiger partial charge in [-0.15, -0.1) is 11.3 Å². The Kier molecular flexibility index (Phi) is 6.39. The van der Waals surface area contributed by atoms with Gasteiger partial charge in [0.1, 0.15) is 0 Å². The van der Waals surface area contributed by atoms with Gasteiger partial charge in [-0.1, -0.05) is 18.2 Å². The molecule has 2 heterocycles. The third kappa shape index (κ3) is 4.77. The van der Waals surface area contributed by atoms with Gasteiger partial charge >= 0.3 is 0 Å². The number of fused-ring (bicyclic) bond motifs is 1. The van der Waals surface area contributed by atoms with E-state index in [2.05, 4.69) is 27.7 Å². The van der Waals surface area contributed by atoms with Crippen molar-refractivity contribution < 1.29 is 14.6 Å². The molecule has 0 bridgehead atoms. The first-order chi connectivity index (χ1) is 12.2. The fourth-order valence-electron chi connectivity index (χ4n) is 3.07. The largest absolute Gasteiger partial charge is 0.394 e. The number of aliphatic hydroxyl groups excluding tert-OH is 1. The van der Waals surface area contributed by atoms with Crippen LogP contribution in [0.5, 0.6) is 0 Å². The van der Waals surface area contributed by atoms with Crippen LogP contribution in [0.2, 0.25) is 0 Å². The molecule has 3 rings (SSSR count). The SMILES string of the molecule is NC(Cc1csc2ccccc12)C(=O)NC(CO)CN1CCOCC1. The van der Waals surface area contributed by atoms with E-state index in [1.807, 2.05) is 12.1 Å². The lowest BCUT2D eigenvalue weighted by molar-refractivity contribution is -0.123. The molecule has 1 saturated heterocycles. The van der Waals surface area contributed by atoms with E-state index in [1.165, 1.54) is 4.70 Å². The zero-order chi connectivity index (χ0) is 17.6. The number of benzene rings is 1. The van der Waals surface area contributed by atoms with Crippen LogP contribution >= 0.6 is 11.3 Å². The van der Waals surface area contributed by atoms with Crippen LogP contribution in [0, 0.1) is 0 Å². The Bertz CT molecular complexity index is 700. The minimum Gasteiger partial charge on any atom is -0.394 e. The molecule has 1 amide bonds. The lowest BCUT2D eigenvalue weighted by Crippen LogP contribution is -2.53. The second-order valence-corrected chi connectivity index (χ2v) is 7.28. The first kappa shape index (κ1) is 18.3. The van der Waals surface area contributed by atoms with Crippen molar-refractivity contribution in [3.63, 3.8) is 0 Å². The third-order valence-corrected chi connectivity index (χ3v) is 5.50. The number of carbonyl (C=O) groups is 1. The molecule has 136 valence electrons. The zero-order valence-electron chi connectivity index (χ0n) is 14.2. The van der Waals surface area contributed by atoms with E-state index < -0.39 is 6.04 Å². The molecule has 1 aliphatic heterocycles. The molecule has 0 aliphatic carbocycles. The molecule has 2 atom stereocenters. The summed E-state index contributed by atoms with van der Waals surface area (Å²) in [7, 11) is 0. The summed E-state index contributed by atoms with van der Waals surface area (Å²) in [4.78, 5) is 14.6. The number of rotatable bonds is 7. The van der Waals surface area contributed by atoms with E-state index in [0.29, 0.717) is 26.2 Å². The lowest BCUT2D eigenvalue weighted by atomic mass is 10.0. The number of morpholine rings is 1. The highest BCUT2D eigenvalue weighted by Gasteiger charge is 2.22. The van der Waals surface area contributed by atoms with E-state index in [1.54, 1.807) is 11.3 Å². The Hall–Kier alpha value is -1.51. The predicted octanol–water partition coefficient (Wildman–Crippen LogP) is 0.580. The molecule has 7 heteroatoms. The van der Waals surface area contributed by atoms with Crippen molar-refractivity contribution in [3.8, 4) is 0 Å². The van der Waals surface area contributed by atoms with E-state index in [0.717, 1.165) is 24.0 Å². The van der Waals surface area contributed by atoms with E-state index in [4.69, 9.17) is 10.5 Å². The van der Waals surface area contributed by atoms with Crippen molar-refractivity contribution in [3.05, 3.63) is 35.2 Å². The molecule has 0 radical (unpaired) electrons. The maximum atomic E-state index is 12.4. The quantitative estimate of drug-likeness (QED) is 0.670. The molecule has 1 fully saturated rings. The highest BCUT2D eigenvalue weighted by atomic mass is 32.1. The van der Waals surface area contributed by atoms with Gasteiger partial charge in [0, 0.05) is 24.3 Å². The van der Waals surface area contributed by atoms with Gasteiger partial charge in [-0.25, -0.2) is 0 Å². The summed E-state index contributed by atoms with van der Waals surface area (Å²) >= 11 is 1.66. The number of nitrogens with one attached hydrogen (secondary N) is 1. The second-order valence-electron chi connectivity index (χ2n) is 6.37. The van der Waals surface area contributed by atoms with Crippen LogP contribution in [-0.4, -0.2) is 67.5 Å². The average Bonchev–Trinajstić information content (AvgIpc) is 3.05. The number of amides is 1. The van der Waals surface area contributed by atoms with Crippen molar-refractivity contribution in [2.75, 3.05) is 39.5 Å². The summed E-state index contributed by atoms with van der Waals surface area (Å²) < 4.78 is 6.52. The van der Waals surface area contributed by atoms with Gasteiger partial charge in [-0.3, -0.25) is 9.69 Å². The summed E-state index contributed by atoms with van der Waals surface area (Å²) in [6.45, 7) is 3.53. The third-order valence-electron chi connectivity index (χ3n) is 4.49. The van der Waals surface area contributed by atoms with Crippen molar-refractivity contribution in [1.29, 1.82) is 0 Å². The smallest absolute Gasteiger partial charge is 0.237 e. The second kappa shape index (κ2) is 8.73. The molecule has 1 aliphatic rings. The molecule has 0 saturated carbocycles. The summed E-state index contributed by atoms with van der Waals surface area (Å²) in [6.07, 6.45) is 0.492. The Morgan fingerprint density at radius 2 is 2.12 bits per heavy atom. The number of ether oxygens (including phenoxy) is 1. The topological polar surface area (TPSA) is 87.8 Å². The standard InChI is InChI=1S/C18H25N3O3S/c19-16(9-13-12-25-17-4-2-1-3-15(13)17)18(23)20-14(11-22)10-21-5-7-24-8-6-21/h1-4,12,14,16,22H,5-11,19H2,(H,20,23). The number of carbonyl (C=O) groups excluding carboxylic acids is 1. The van der Waals surface area contributed by atoms with Gasteiger partial charge in [0.2, 0.25) is 5.91 Å². The van der Waals surface area contributed by atoms with Crippen molar-refractivity contribution in [2.45, 2.75) is 18.5 Å². The molecule has 2 aromatic rings. The first-order valence-corrected chi connectivity index (χ1v) is 9.47. The van der Waals surface area contributed by atoms with Gasteiger partial charge < -0.3 is 20.9 Å². The van der Waals surface area contributed by atoms with Crippen LogP contribution in [0.3, 0.4) is 0 Å². The summed E-state index contributed by atoms with van der Waals surface area (Å²) in [5.41, 5.74) is 7.21. The number of aliphatic hydroxyl groups is 1. The number of nitrogens with zero attached hydrogens (tertiary/aromatic N) is 1. The summed E-state index contributed by atoms with van der Waals surface area (Å²) in [5, 5.41) is 15.7. The Balaban J connectivity index is 1.55. The minimum atomic E-state index is -0.628. The molecule has 25 heavy (non-hydrogen) atoms. The van der Waals surface area contributed by atoms with Crippen LogP contribution in [0.4, 0.5) is 0 Å². The summed E-state index contributed by atoms with van der Waals surface area (Å²) in [6, 6.07) is 7.19. The van der Waals surface area contributed by atoms with Crippen LogP contribution in [-0.2, 0) is 16.0 Å². The molecule has 4 N–H and O–H groups in total. The Morgan fingerprint density at radius 1 is 1.36 bits per heavy atom. The van der Waals surface area contributed by atoms with E-state index >= 15 is 0 Å². The van der Waals surface area contributed by atoms with Crippen molar-refractivity contribution in [1.82, 2.24) is 10.2 Å².